The van der Waals surface area contributed by atoms with E-state index in [9.17, 15) is 14.0 Å². The van der Waals surface area contributed by atoms with Crippen LogP contribution in [-0.4, -0.2) is 18.9 Å². The normalized spacial score (nSPS) is 21.6. The van der Waals surface area contributed by atoms with E-state index in [-0.39, 0.29) is 17.5 Å². The number of carbonyl (C=O) groups is 2. The summed E-state index contributed by atoms with van der Waals surface area (Å²) in [6, 6.07) is 15.9. The van der Waals surface area contributed by atoms with Gasteiger partial charge in [-0.25, -0.2) is 9.18 Å². The van der Waals surface area contributed by atoms with Gasteiger partial charge in [0.2, 0.25) is 0 Å². The number of benzene rings is 2. The number of allylic oxidation sites excluding steroid dienone is 3. The number of esters is 1. The predicted octanol–water partition coefficient (Wildman–Crippen LogP) is 4.36. The fraction of sp³-hybridized carbons (Fsp3) is 0.250. The zero-order valence-electron chi connectivity index (χ0n) is 16.4. The number of halogens is 1. The van der Waals surface area contributed by atoms with Gasteiger partial charge in [-0.15, -0.1) is 0 Å². The smallest absolute Gasteiger partial charge is 0.336 e. The fourth-order valence-electron chi connectivity index (χ4n) is 4.37. The molecule has 4 rings (SSSR count). The van der Waals surface area contributed by atoms with Crippen molar-refractivity contribution in [3.63, 3.8) is 0 Å². The van der Waals surface area contributed by atoms with Crippen LogP contribution in [0.4, 0.5) is 4.39 Å². The first kappa shape index (κ1) is 19.1. The van der Waals surface area contributed by atoms with Gasteiger partial charge in [0, 0.05) is 29.3 Å². The van der Waals surface area contributed by atoms with Crippen LogP contribution in [0.1, 0.15) is 42.7 Å². The van der Waals surface area contributed by atoms with Crippen LogP contribution in [0.2, 0.25) is 0 Å². The van der Waals surface area contributed by atoms with Gasteiger partial charge < -0.3 is 10.1 Å². The van der Waals surface area contributed by atoms with Crippen LogP contribution in [0, 0.1) is 5.82 Å². The lowest BCUT2D eigenvalue weighted by Crippen LogP contribution is -2.36. The molecule has 1 aliphatic carbocycles. The van der Waals surface area contributed by atoms with Crippen molar-refractivity contribution >= 4 is 11.8 Å². The highest BCUT2D eigenvalue weighted by Gasteiger charge is 2.41. The van der Waals surface area contributed by atoms with Gasteiger partial charge in [-0.2, -0.15) is 0 Å². The van der Waals surface area contributed by atoms with Crippen molar-refractivity contribution in [1.82, 2.24) is 5.32 Å². The lowest BCUT2D eigenvalue weighted by molar-refractivity contribution is -0.136. The molecular weight excluding hydrogens is 369 g/mol. The first-order valence-electron chi connectivity index (χ1n) is 9.62. The van der Waals surface area contributed by atoms with E-state index in [1.807, 2.05) is 37.3 Å². The monoisotopic (exact) mass is 391 g/mol. The molecule has 0 saturated heterocycles. The summed E-state index contributed by atoms with van der Waals surface area (Å²) in [6.45, 7) is 1.81. The molecule has 1 heterocycles. The summed E-state index contributed by atoms with van der Waals surface area (Å²) >= 11 is 0. The van der Waals surface area contributed by atoms with E-state index in [2.05, 4.69) is 5.32 Å². The third-order valence-electron chi connectivity index (χ3n) is 5.71. The molecule has 1 N–H and O–H groups in total. The SMILES string of the molecule is COC(=O)C1=C(C)NC2=C(C(=O)CC(c3ccccc3)C2)C1c1ccc(F)cc1. The molecule has 0 bridgehead atoms. The number of methoxy groups -OCH3 is 1. The Morgan fingerprint density at radius 3 is 2.38 bits per heavy atom. The second kappa shape index (κ2) is 7.66. The first-order valence-corrected chi connectivity index (χ1v) is 9.62. The zero-order chi connectivity index (χ0) is 20.5. The predicted molar refractivity (Wildman–Crippen MR) is 107 cm³/mol. The highest BCUT2D eigenvalue weighted by Crippen LogP contribution is 2.45. The molecule has 2 aromatic rings. The van der Waals surface area contributed by atoms with Gasteiger partial charge in [0.25, 0.3) is 0 Å². The Kier molecular flexibility index (Phi) is 5.05. The molecule has 4 nitrogen and oxygen atoms in total. The van der Waals surface area contributed by atoms with Crippen LogP contribution in [-0.2, 0) is 14.3 Å². The number of Topliss-reactive ketones (excluding diaryl/α,β-unsaturated/α-hetero) is 1. The summed E-state index contributed by atoms with van der Waals surface area (Å²) in [5.74, 6) is -1.35. The maximum Gasteiger partial charge on any atom is 0.336 e. The molecule has 2 aliphatic rings. The van der Waals surface area contributed by atoms with Gasteiger partial charge in [0.15, 0.2) is 5.78 Å². The number of dihydropyridines is 1. The van der Waals surface area contributed by atoms with Gasteiger partial charge >= 0.3 is 5.97 Å². The quantitative estimate of drug-likeness (QED) is 0.790. The van der Waals surface area contributed by atoms with E-state index in [4.69, 9.17) is 4.74 Å². The number of rotatable bonds is 3. The highest BCUT2D eigenvalue weighted by atomic mass is 19.1. The van der Waals surface area contributed by atoms with Crippen molar-refractivity contribution in [3.05, 3.63) is 94.1 Å². The highest BCUT2D eigenvalue weighted by molar-refractivity contribution is 6.04. The van der Waals surface area contributed by atoms with Crippen LogP contribution < -0.4 is 5.32 Å². The van der Waals surface area contributed by atoms with E-state index in [0.29, 0.717) is 35.2 Å². The van der Waals surface area contributed by atoms with Gasteiger partial charge in [-0.3, -0.25) is 4.79 Å². The summed E-state index contributed by atoms with van der Waals surface area (Å²) in [5, 5.41) is 3.29. The largest absolute Gasteiger partial charge is 0.466 e. The topological polar surface area (TPSA) is 55.4 Å². The lowest BCUT2D eigenvalue weighted by atomic mass is 9.72. The van der Waals surface area contributed by atoms with Crippen molar-refractivity contribution in [2.24, 2.45) is 0 Å². The van der Waals surface area contributed by atoms with Crippen LogP contribution in [0.25, 0.3) is 0 Å². The molecule has 0 aromatic heterocycles. The van der Waals surface area contributed by atoms with Crippen LogP contribution >= 0.6 is 0 Å². The summed E-state index contributed by atoms with van der Waals surface area (Å²) < 4.78 is 18.5. The molecule has 0 amide bonds. The molecule has 2 aromatic carbocycles. The van der Waals surface area contributed by atoms with E-state index in [0.717, 1.165) is 11.3 Å². The average molecular weight is 391 g/mol. The minimum Gasteiger partial charge on any atom is -0.466 e. The molecule has 0 saturated carbocycles. The number of hydrogen-bond acceptors (Lipinski definition) is 4. The molecule has 5 heteroatoms. The van der Waals surface area contributed by atoms with Crippen molar-refractivity contribution in [2.75, 3.05) is 7.11 Å². The summed E-state index contributed by atoms with van der Waals surface area (Å²) in [6.07, 6.45) is 1.05. The third kappa shape index (κ3) is 3.48. The fourth-order valence-corrected chi connectivity index (χ4v) is 4.37. The molecule has 2 unspecified atom stereocenters. The van der Waals surface area contributed by atoms with E-state index < -0.39 is 11.9 Å². The van der Waals surface area contributed by atoms with Crippen LogP contribution in [0.5, 0.6) is 0 Å². The summed E-state index contributed by atoms with van der Waals surface area (Å²) in [7, 11) is 1.32. The Morgan fingerprint density at radius 1 is 1.03 bits per heavy atom. The number of carbonyl (C=O) groups excluding carboxylic acids is 2. The standard InChI is InChI=1S/C24H22FNO3/c1-14-21(24(28)29-2)22(16-8-10-18(25)11-9-16)23-19(26-14)12-17(13-20(23)27)15-6-4-3-5-7-15/h3-11,17,22,26H,12-13H2,1-2H3. The summed E-state index contributed by atoms with van der Waals surface area (Å²) in [5.41, 5.74) is 4.28. The van der Waals surface area contributed by atoms with Gasteiger partial charge in [0.05, 0.1) is 12.7 Å². The Bertz CT molecular complexity index is 1020. The first-order chi connectivity index (χ1) is 14.0. The maximum absolute atomic E-state index is 13.5. The van der Waals surface area contributed by atoms with Crippen molar-refractivity contribution in [3.8, 4) is 0 Å². The van der Waals surface area contributed by atoms with Crippen molar-refractivity contribution in [2.45, 2.75) is 31.6 Å². The molecular formula is C24H22FNO3. The summed E-state index contributed by atoms with van der Waals surface area (Å²) in [4.78, 5) is 25.8. The van der Waals surface area contributed by atoms with Crippen LogP contribution in [0.15, 0.2) is 77.1 Å². The second-order valence-electron chi connectivity index (χ2n) is 7.47. The van der Waals surface area contributed by atoms with E-state index in [1.54, 1.807) is 12.1 Å². The van der Waals surface area contributed by atoms with Gasteiger partial charge in [0.1, 0.15) is 5.82 Å². The molecule has 29 heavy (non-hydrogen) atoms. The molecule has 2 atom stereocenters. The molecule has 0 spiro atoms. The van der Waals surface area contributed by atoms with Crippen molar-refractivity contribution < 1.29 is 18.7 Å². The lowest BCUT2D eigenvalue weighted by Gasteiger charge is -2.36. The number of nitrogens with one attached hydrogen (secondary N) is 1. The Morgan fingerprint density at radius 2 is 1.72 bits per heavy atom. The molecule has 0 fully saturated rings. The number of ether oxygens (including phenoxy) is 1. The second-order valence-corrected chi connectivity index (χ2v) is 7.47. The van der Waals surface area contributed by atoms with E-state index in [1.165, 1.54) is 19.2 Å². The Balaban J connectivity index is 1.81. The molecule has 1 aliphatic heterocycles. The molecule has 148 valence electrons. The number of hydrogen-bond donors (Lipinski definition) is 1. The maximum atomic E-state index is 13.5. The Labute approximate surface area is 169 Å². The third-order valence-corrected chi connectivity index (χ3v) is 5.71. The van der Waals surface area contributed by atoms with Gasteiger partial charge in [-0.05, 0) is 42.5 Å². The van der Waals surface area contributed by atoms with Crippen LogP contribution in [0.3, 0.4) is 0 Å². The number of ketones is 1. The zero-order valence-corrected chi connectivity index (χ0v) is 16.4. The van der Waals surface area contributed by atoms with E-state index >= 15 is 0 Å². The minimum atomic E-state index is -0.566. The average Bonchev–Trinajstić information content (AvgIpc) is 2.73. The minimum absolute atomic E-state index is 0.00386. The van der Waals surface area contributed by atoms with Crippen molar-refractivity contribution in [1.29, 1.82) is 0 Å². The van der Waals surface area contributed by atoms with Gasteiger partial charge in [-0.1, -0.05) is 42.5 Å². The molecule has 0 radical (unpaired) electrons. The Hall–Kier alpha value is -3.21.